The van der Waals surface area contributed by atoms with Crippen LogP contribution in [0.4, 0.5) is 0 Å². The molecule has 0 saturated heterocycles. The van der Waals surface area contributed by atoms with Crippen molar-refractivity contribution in [2.24, 2.45) is 4.99 Å². The van der Waals surface area contributed by atoms with E-state index in [4.69, 9.17) is 12.9 Å². The fourth-order valence-electron chi connectivity index (χ4n) is 3.81. The van der Waals surface area contributed by atoms with Gasteiger partial charge in [-0.1, -0.05) is 54.6 Å². The molecule has 0 radical (unpaired) electrons. The predicted octanol–water partition coefficient (Wildman–Crippen LogP) is 3.39. The second-order valence-corrected chi connectivity index (χ2v) is 14.3. The van der Waals surface area contributed by atoms with Gasteiger partial charge in [0, 0.05) is 6.54 Å². The second-order valence-electron chi connectivity index (χ2n) is 7.65. The Balaban J connectivity index is 2.39. The fraction of sp³-hybridized carbons (Fsp3) is 0.269. The summed E-state index contributed by atoms with van der Waals surface area (Å²) >= 11 is 0. The molecule has 0 heterocycles. The summed E-state index contributed by atoms with van der Waals surface area (Å²) in [6.07, 6.45) is 0. The molecule has 3 aromatic rings. The molecule has 0 spiro atoms. The molecular formula is C26H31NO7PS2+. The molecule has 0 aliphatic heterocycles. The lowest BCUT2D eigenvalue weighted by atomic mass is 10.4. The molecule has 0 atom stereocenters. The van der Waals surface area contributed by atoms with Gasteiger partial charge in [0.25, 0.3) is 38.2 Å². The SMILES string of the molecule is CCN=C(O[P+](c1ccccc1)(c1ccccc1)c1ccccc1)C(S(=O)(=O)OCC)S(=O)(=O)OCC. The van der Waals surface area contributed by atoms with Crippen molar-refractivity contribution in [3.63, 3.8) is 0 Å². The molecular weight excluding hydrogens is 533 g/mol. The van der Waals surface area contributed by atoms with Crippen molar-refractivity contribution in [2.75, 3.05) is 19.8 Å². The Kier molecular flexibility index (Phi) is 9.98. The Labute approximate surface area is 220 Å². The quantitative estimate of drug-likeness (QED) is 0.144. The van der Waals surface area contributed by atoms with Crippen LogP contribution in [0.2, 0.25) is 0 Å². The molecule has 37 heavy (non-hydrogen) atoms. The molecule has 0 amide bonds. The van der Waals surface area contributed by atoms with Crippen LogP contribution in [0.5, 0.6) is 0 Å². The van der Waals surface area contributed by atoms with Crippen molar-refractivity contribution < 1.29 is 29.7 Å². The molecule has 0 saturated carbocycles. The molecule has 0 aromatic heterocycles. The van der Waals surface area contributed by atoms with Crippen molar-refractivity contribution in [3.8, 4) is 0 Å². The van der Waals surface area contributed by atoms with Gasteiger partial charge in [-0.05, 0) is 57.2 Å². The van der Waals surface area contributed by atoms with E-state index in [0.29, 0.717) is 0 Å². The van der Waals surface area contributed by atoms with Gasteiger partial charge in [0.05, 0.1) is 13.2 Å². The van der Waals surface area contributed by atoms with Crippen molar-refractivity contribution in [3.05, 3.63) is 91.0 Å². The average Bonchev–Trinajstić information content (AvgIpc) is 2.88. The molecule has 8 nitrogen and oxygen atoms in total. The third-order valence-corrected chi connectivity index (χ3v) is 12.7. The summed E-state index contributed by atoms with van der Waals surface area (Å²) in [5.74, 6) is -0.505. The van der Waals surface area contributed by atoms with E-state index >= 15 is 0 Å². The van der Waals surface area contributed by atoms with Gasteiger partial charge in [0.2, 0.25) is 0 Å². The van der Waals surface area contributed by atoms with E-state index < -0.39 is 38.2 Å². The maximum atomic E-state index is 13.2. The number of nitrogens with zero attached hydrogens (tertiary/aromatic N) is 1. The first-order chi connectivity index (χ1) is 17.7. The van der Waals surface area contributed by atoms with Crippen LogP contribution >= 0.6 is 7.49 Å². The van der Waals surface area contributed by atoms with E-state index in [9.17, 15) is 16.8 Å². The predicted molar refractivity (Wildman–Crippen MR) is 149 cm³/mol. The first-order valence-corrected chi connectivity index (χ1v) is 16.4. The number of rotatable bonds is 12. The second kappa shape index (κ2) is 12.8. The minimum Gasteiger partial charge on any atom is -0.317 e. The summed E-state index contributed by atoms with van der Waals surface area (Å²) in [6, 6.07) is 27.9. The summed E-state index contributed by atoms with van der Waals surface area (Å²) in [6.45, 7) is 4.10. The zero-order chi connectivity index (χ0) is 26.9. The Bertz CT molecular complexity index is 1250. The van der Waals surface area contributed by atoms with Gasteiger partial charge >= 0.3 is 0 Å². The minimum atomic E-state index is -4.74. The lowest BCUT2D eigenvalue weighted by molar-refractivity contribution is 0.323. The highest BCUT2D eigenvalue weighted by Crippen LogP contribution is 2.57. The van der Waals surface area contributed by atoms with Crippen LogP contribution in [0, 0.1) is 0 Å². The van der Waals surface area contributed by atoms with E-state index in [1.54, 1.807) is 6.92 Å². The molecule has 0 unspecified atom stereocenters. The zero-order valence-electron chi connectivity index (χ0n) is 20.9. The molecule has 0 N–H and O–H groups in total. The van der Waals surface area contributed by atoms with Gasteiger partial charge < -0.3 is 4.52 Å². The smallest absolute Gasteiger partial charge is 0.296 e. The third-order valence-electron chi connectivity index (χ3n) is 5.19. The van der Waals surface area contributed by atoms with Crippen molar-refractivity contribution in [1.29, 1.82) is 0 Å². The minimum absolute atomic E-state index is 0.0630. The van der Waals surface area contributed by atoms with Gasteiger partial charge in [-0.25, -0.2) is 4.99 Å². The van der Waals surface area contributed by atoms with Gasteiger partial charge in [0.15, 0.2) is 0 Å². The molecule has 0 fully saturated rings. The standard InChI is InChI=1S/C26H31NO7PS2/c1-4-27-25(26(36(28,29)32-5-2)37(30,31)33-6-3)34-35(22-16-10-7-11-17-22,23-18-12-8-13-19-23)24-20-14-9-15-21-24/h7-21,26H,4-6H2,1-3H3/q+1. The number of benzene rings is 3. The van der Waals surface area contributed by atoms with Crippen LogP contribution in [0.25, 0.3) is 0 Å². The summed E-state index contributed by atoms with van der Waals surface area (Å²) in [4.78, 5) is 4.29. The van der Waals surface area contributed by atoms with E-state index in [2.05, 4.69) is 4.99 Å². The van der Waals surface area contributed by atoms with E-state index in [0.717, 1.165) is 15.9 Å². The van der Waals surface area contributed by atoms with Crippen LogP contribution in [0.15, 0.2) is 96.0 Å². The van der Waals surface area contributed by atoms with Crippen LogP contribution in [-0.2, 0) is 33.1 Å². The van der Waals surface area contributed by atoms with Gasteiger partial charge in [0.1, 0.15) is 15.9 Å². The maximum absolute atomic E-state index is 13.2. The lowest BCUT2D eigenvalue weighted by Crippen LogP contribution is -2.44. The summed E-state index contributed by atoms with van der Waals surface area (Å²) < 4.78 is 67.2. The Morgan fingerprint density at radius 2 is 1.03 bits per heavy atom. The number of aliphatic imine (C=N–C) groups is 1. The van der Waals surface area contributed by atoms with Crippen molar-refractivity contribution in [2.45, 2.75) is 25.4 Å². The highest BCUT2D eigenvalue weighted by atomic mass is 32.3. The van der Waals surface area contributed by atoms with Gasteiger partial charge in [-0.3, -0.25) is 8.37 Å². The van der Waals surface area contributed by atoms with Crippen molar-refractivity contribution >= 4 is 49.5 Å². The summed E-state index contributed by atoms with van der Waals surface area (Å²) in [5.41, 5.74) is 0. The first kappa shape index (κ1) is 28.9. The first-order valence-electron chi connectivity index (χ1n) is 11.8. The molecule has 0 aliphatic rings. The number of hydrogen-bond acceptors (Lipinski definition) is 8. The molecule has 3 aromatic carbocycles. The van der Waals surface area contributed by atoms with Crippen LogP contribution < -0.4 is 15.9 Å². The topological polar surface area (TPSA) is 108 Å². The van der Waals surface area contributed by atoms with Crippen molar-refractivity contribution in [1.82, 2.24) is 0 Å². The van der Waals surface area contributed by atoms with Gasteiger partial charge in [-0.15, -0.1) is 0 Å². The van der Waals surface area contributed by atoms with E-state index in [-0.39, 0.29) is 19.8 Å². The van der Waals surface area contributed by atoms with Crippen LogP contribution in [0.3, 0.4) is 0 Å². The molecule has 0 bridgehead atoms. The molecule has 0 aliphatic carbocycles. The Morgan fingerprint density at radius 3 is 1.32 bits per heavy atom. The summed E-state index contributed by atoms with van der Waals surface area (Å²) in [5, 5.41) is 2.24. The maximum Gasteiger partial charge on any atom is 0.296 e. The molecule has 198 valence electrons. The Hall–Kier alpha value is -2.62. The zero-order valence-corrected chi connectivity index (χ0v) is 23.5. The van der Waals surface area contributed by atoms with E-state index in [1.165, 1.54) is 13.8 Å². The monoisotopic (exact) mass is 564 g/mol. The van der Waals surface area contributed by atoms with E-state index in [1.807, 2.05) is 91.0 Å². The molecule has 3 rings (SSSR count). The Morgan fingerprint density at radius 1 is 0.676 bits per heavy atom. The average molecular weight is 565 g/mol. The van der Waals surface area contributed by atoms with Gasteiger partial charge in [-0.2, -0.15) is 16.8 Å². The highest BCUT2D eigenvalue weighted by Gasteiger charge is 2.55. The lowest BCUT2D eigenvalue weighted by Gasteiger charge is -2.28. The highest BCUT2D eigenvalue weighted by molar-refractivity contribution is 8.06. The number of hydrogen-bond donors (Lipinski definition) is 0. The van der Waals surface area contributed by atoms with Crippen LogP contribution in [-0.4, -0.2) is 47.1 Å². The fourth-order valence-corrected chi connectivity index (χ4v) is 10.5. The van der Waals surface area contributed by atoms with Crippen LogP contribution in [0.1, 0.15) is 20.8 Å². The largest absolute Gasteiger partial charge is 0.317 e. The third kappa shape index (κ3) is 6.45. The molecule has 11 heteroatoms. The normalized spacial score (nSPS) is 13.0. The summed E-state index contributed by atoms with van der Waals surface area (Å²) in [7, 11) is -12.6.